The second-order valence-corrected chi connectivity index (χ2v) is 10.3. The summed E-state index contributed by atoms with van der Waals surface area (Å²) in [6, 6.07) is 4.38. The van der Waals surface area contributed by atoms with Crippen LogP contribution in [0.5, 0.6) is 0 Å². The Hall–Kier alpha value is -2.48. The SMILES string of the molecule is CC(C)C[C@@H](C(=O)N[C@H](C(=O)Nc1ccccn1)C(C)(C)C)[C@@H](C(=O)NO)C1CCCC1. The molecule has 3 atom stereocenters. The lowest BCUT2D eigenvalue weighted by Crippen LogP contribution is -2.55. The van der Waals surface area contributed by atoms with Gasteiger partial charge in [0.15, 0.2) is 0 Å². The average Bonchev–Trinajstić information content (AvgIpc) is 3.25. The van der Waals surface area contributed by atoms with Crippen molar-refractivity contribution in [1.29, 1.82) is 0 Å². The van der Waals surface area contributed by atoms with Crippen LogP contribution in [0.2, 0.25) is 0 Å². The van der Waals surface area contributed by atoms with Crippen LogP contribution in [0.3, 0.4) is 0 Å². The van der Waals surface area contributed by atoms with E-state index in [4.69, 9.17) is 0 Å². The van der Waals surface area contributed by atoms with Gasteiger partial charge in [0.25, 0.3) is 0 Å². The number of hydrogen-bond acceptors (Lipinski definition) is 5. The van der Waals surface area contributed by atoms with E-state index < -0.39 is 29.2 Å². The number of anilines is 1. The lowest BCUT2D eigenvalue weighted by Gasteiger charge is -2.35. The molecule has 178 valence electrons. The number of nitrogens with zero attached hydrogens (tertiary/aromatic N) is 1. The molecule has 3 amide bonds. The number of carbonyl (C=O) groups excluding carboxylic acids is 3. The van der Waals surface area contributed by atoms with Crippen molar-refractivity contribution in [3.8, 4) is 0 Å². The van der Waals surface area contributed by atoms with E-state index in [1.54, 1.807) is 29.9 Å². The molecule has 2 rings (SSSR count). The van der Waals surface area contributed by atoms with Crippen LogP contribution in [0.4, 0.5) is 5.82 Å². The summed E-state index contributed by atoms with van der Waals surface area (Å²) in [7, 11) is 0. The van der Waals surface area contributed by atoms with Crippen LogP contribution in [-0.2, 0) is 14.4 Å². The topological polar surface area (TPSA) is 120 Å². The second-order valence-electron chi connectivity index (χ2n) is 10.3. The highest BCUT2D eigenvalue weighted by atomic mass is 16.5. The summed E-state index contributed by atoms with van der Waals surface area (Å²) in [5, 5.41) is 15.1. The number of hydrogen-bond donors (Lipinski definition) is 4. The van der Waals surface area contributed by atoms with Crippen molar-refractivity contribution in [2.75, 3.05) is 5.32 Å². The summed E-state index contributed by atoms with van der Waals surface area (Å²) in [6.45, 7) is 9.63. The molecule has 1 aliphatic rings. The van der Waals surface area contributed by atoms with Crippen molar-refractivity contribution in [2.24, 2.45) is 29.1 Å². The Morgan fingerprint density at radius 2 is 1.75 bits per heavy atom. The summed E-state index contributed by atoms with van der Waals surface area (Å²) in [5.41, 5.74) is 1.21. The average molecular weight is 447 g/mol. The summed E-state index contributed by atoms with van der Waals surface area (Å²) in [6.07, 6.45) is 5.78. The first-order valence-corrected chi connectivity index (χ1v) is 11.5. The molecule has 0 unspecified atom stereocenters. The van der Waals surface area contributed by atoms with Crippen molar-refractivity contribution in [1.82, 2.24) is 15.8 Å². The molecule has 8 heteroatoms. The molecule has 1 fully saturated rings. The molecule has 1 heterocycles. The van der Waals surface area contributed by atoms with Crippen molar-refractivity contribution in [3.63, 3.8) is 0 Å². The van der Waals surface area contributed by atoms with Crippen molar-refractivity contribution in [3.05, 3.63) is 24.4 Å². The number of aromatic nitrogens is 1. The lowest BCUT2D eigenvalue weighted by atomic mass is 9.75. The Labute approximate surface area is 190 Å². The molecule has 0 bridgehead atoms. The molecule has 0 radical (unpaired) electrons. The van der Waals surface area contributed by atoms with Gasteiger partial charge in [0.2, 0.25) is 17.7 Å². The Bertz CT molecular complexity index is 770. The fraction of sp³-hybridized carbons (Fsp3) is 0.667. The fourth-order valence-electron chi connectivity index (χ4n) is 4.60. The maximum Gasteiger partial charge on any atom is 0.248 e. The van der Waals surface area contributed by atoms with E-state index in [1.165, 1.54) is 0 Å². The van der Waals surface area contributed by atoms with Crippen molar-refractivity contribution >= 4 is 23.5 Å². The van der Waals surface area contributed by atoms with Crippen LogP contribution in [0.25, 0.3) is 0 Å². The van der Waals surface area contributed by atoms with Gasteiger partial charge < -0.3 is 10.6 Å². The molecule has 8 nitrogen and oxygen atoms in total. The molecular weight excluding hydrogens is 408 g/mol. The molecule has 1 saturated carbocycles. The maximum atomic E-state index is 13.5. The molecule has 0 aliphatic heterocycles. The Morgan fingerprint density at radius 3 is 2.25 bits per heavy atom. The second kappa shape index (κ2) is 11.4. The van der Waals surface area contributed by atoms with Crippen LogP contribution >= 0.6 is 0 Å². The Morgan fingerprint density at radius 1 is 1.09 bits per heavy atom. The third kappa shape index (κ3) is 7.02. The van der Waals surface area contributed by atoms with Crippen LogP contribution in [-0.4, -0.2) is 34.0 Å². The molecule has 4 N–H and O–H groups in total. The Kier molecular flexibility index (Phi) is 9.19. The molecule has 0 spiro atoms. The van der Waals surface area contributed by atoms with E-state index in [0.717, 1.165) is 25.7 Å². The van der Waals surface area contributed by atoms with Gasteiger partial charge in [-0.05, 0) is 48.6 Å². The smallest absolute Gasteiger partial charge is 0.248 e. The Balaban J connectivity index is 2.28. The third-order valence-corrected chi connectivity index (χ3v) is 6.15. The van der Waals surface area contributed by atoms with Gasteiger partial charge in [0.1, 0.15) is 11.9 Å². The number of hydroxylamine groups is 1. The van der Waals surface area contributed by atoms with Crippen LogP contribution < -0.4 is 16.1 Å². The lowest BCUT2D eigenvalue weighted by molar-refractivity contribution is -0.144. The standard InChI is InChI=1S/C24H38N4O4/c1-15(2)14-17(19(22(30)28-32)16-10-6-7-11-16)21(29)27-20(24(3,4)5)23(31)26-18-12-8-9-13-25-18/h8-9,12-13,15-17,19-20,32H,6-7,10-11,14H2,1-5H3,(H,27,29)(H,28,30)(H,25,26,31)/t17-,19+,20-/m1/s1. The monoisotopic (exact) mass is 446 g/mol. The van der Waals surface area contributed by atoms with E-state index >= 15 is 0 Å². The van der Waals surface area contributed by atoms with E-state index in [0.29, 0.717) is 12.2 Å². The summed E-state index contributed by atoms with van der Waals surface area (Å²) in [4.78, 5) is 43.4. The summed E-state index contributed by atoms with van der Waals surface area (Å²) < 4.78 is 0. The first kappa shape index (κ1) is 25.8. The zero-order chi connectivity index (χ0) is 23.9. The molecule has 1 aromatic heterocycles. The summed E-state index contributed by atoms with van der Waals surface area (Å²) in [5.74, 6) is -1.90. The number of nitrogens with one attached hydrogen (secondary N) is 3. The van der Waals surface area contributed by atoms with Gasteiger partial charge in [-0.2, -0.15) is 0 Å². The number of carbonyl (C=O) groups is 3. The van der Waals surface area contributed by atoms with Crippen LogP contribution in [0.15, 0.2) is 24.4 Å². The molecule has 0 aromatic carbocycles. The zero-order valence-electron chi connectivity index (χ0n) is 19.9. The largest absolute Gasteiger partial charge is 0.344 e. The minimum Gasteiger partial charge on any atom is -0.344 e. The third-order valence-electron chi connectivity index (χ3n) is 6.15. The molecule has 32 heavy (non-hydrogen) atoms. The first-order chi connectivity index (χ1) is 15.0. The molecular formula is C24H38N4O4. The van der Waals surface area contributed by atoms with Gasteiger partial charge in [-0.1, -0.05) is 53.5 Å². The number of pyridine rings is 1. The zero-order valence-corrected chi connectivity index (χ0v) is 19.9. The highest BCUT2D eigenvalue weighted by Crippen LogP contribution is 2.38. The minimum atomic E-state index is -0.826. The first-order valence-electron chi connectivity index (χ1n) is 11.5. The highest BCUT2D eigenvalue weighted by Gasteiger charge is 2.42. The van der Waals surface area contributed by atoms with Gasteiger partial charge in [0, 0.05) is 6.20 Å². The van der Waals surface area contributed by atoms with E-state index in [2.05, 4.69) is 15.6 Å². The molecule has 1 aromatic rings. The van der Waals surface area contributed by atoms with Crippen LogP contribution in [0.1, 0.15) is 66.7 Å². The van der Waals surface area contributed by atoms with Crippen LogP contribution in [0, 0.1) is 29.1 Å². The van der Waals surface area contributed by atoms with Gasteiger partial charge >= 0.3 is 0 Å². The van der Waals surface area contributed by atoms with Crippen molar-refractivity contribution < 1.29 is 19.6 Å². The van der Waals surface area contributed by atoms with E-state index in [1.807, 2.05) is 34.6 Å². The van der Waals surface area contributed by atoms with E-state index in [-0.39, 0.29) is 23.7 Å². The fourth-order valence-corrected chi connectivity index (χ4v) is 4.60. The van der Waals surface area contributed by atoms with Gasteiger partial charge in [0.05, 0.1) is 11.8 Å². The van der Waals surface area contributed by atoms with Gasteiger partial charge in [-0.15, -0.1) is 0 Å². The quantitative estimate of drug-likeness (QED) is 0.342. The van der Waals surface area contributed by atoms with Gasteiger partial charge in [-0.25, -0.2) is 10.5 Å². The predicted octanol–water partition coefficient (Wildman–Crippen LogP) is 3.53. The number of amides is 3. The molecule has 0 saturated heterocycles. The summed E-state index contributed by atoms with van der Waals surface area (Å²) >= 11 is 0. The van der Waals surface area contributed by atoms with Gasteiger partial charge in [-0.3, -0.25) is 19.6 Å². The number of rotatable bonds is 9. The van der Waals surface area contributed by atoms with E-state index in [9.17, 15) is 19.6 Å². The van der Waals surface area contributed by atoms with Crippen molar-refractivity contribution in [2.45, 2.75) is 72.8 Å². The minimum absolute atomic E-state index is 0.0343. The predicted molar refractivity (Wildman–Crippen MR) is 123 cm³/mol. The maximum absolute atomic E-state index is 13.5. The normalized spacial score (nSPS) is 17.5. The highest BCUT2D eigenvalue weighted by molar-refractivity contribution is 5.98. The molecule has 1 aliphatic carbocycles.